The van der Waals surface area contributed by atoms with Crippen LogP contribution in [0.4, 0.5) is 0 Å². The fourth-order valence-corrected chi connectivity index (χ4v) is 1.37. The molecule has 0 heterocycles. The third-order valence-electron chi connectivity index (χ3n) is 2.28. The van der Waals surface area contributed by atoms with Crippen LogP contribution in [-0.2, 0) is 9.59 Å². The molecule has 2 N–H and O–H groups in total. The van der Waals surface area contributed by atoms with Gasteiger partial charge in [-0.05, 0) is 18.6 Å². The molecule has 98 valence electrons. The SMILES string of the molecule is C/C(C=C(C(=O)O)C(=O)O)=C/C=C/c1ccccc1. The molecule has 0 amide bonds. The van der Waals surface area contributed by atoms with E-state index in [2.05, 4.69) is 0 Å². The maximum absolute atomic E-state index is 10.7. The summed E-state index contributed by atoms with van der Waals surface area (Å²) in [4.78, 5) is 21.4. The molecule has 1 aromatic rings. The van der Waals surface area contributed by atoms with E-state index in [1.54, 1.807) is 19.1 Å². The van der Waals surface area contributed by atoms with Gasteiger partial charge in [0.1, 0.15) is 5.57 Å². The van der Waals surface area contributed by atoms with Gasteiger partial charge in [0.15, 0.2) is 0 Å². The van der Waals surface area contributed by atoms with Crippen molar-refractivity contribution in [2.45, 2.75) is 6.92 Å². The van der Waals surface area contributed by atoms with E-state index in [0.29, 0.717) is 5.57 Å². The highest BCUT2D eigenvalue weighted by Gasteiger charge is 2.15. The predicted octanol–water partition coefficient (Wildman–Crippen LogP) is 2.74. The van der Waals surface area contributed by atoms with E-state index in [0.717, 1.165) is 11.6 Å². The van der Waals surface area contributed by atoms with Gasteiger partial charge in [-0.2, -0.15) is 0 Å². The van der Waals surface area contributed by atoms with Gasteiger partial charge in [-0.15, -0.1) is 0 Å². The summed E-state index contributed by atoms with van der Waals surface area (Å²) < 4.78 is 0. The third-order valence-corrected chi connectivity index (χ3v) is 2.28. The van der Waals surface area contributed by atoms with E-state index in [4.69, 9.17) is 10.2 Å². The Balaban J connectivity index is 2.83. The van der Waals surface area contributed by atoms with Gasteiger partial charge in [0.05, 0.1) is 0 Å². The first kappa shape index (κ1) is 14.4. The van der Waals surface area contributed by atoms with Gasteiger partial charge < -0.3 is 10.2 Å². The maximum atomic E-state index is 10.7. The zero-order chi connectivity index (χ0) is 14.3. The molecule has 0 aliphatic heterocycles. The molecule has 0 aliphatic rings. The average Bonchev–Trinajstić information content (AvgIpc) is 2.36. The molecule has 0 unspecified atom stereocenters. The Bertz CT molecular complexity index is 535. The highest BCUT2D eigenvalue weighted by molar-refractivity contribution is 6.12. The summed E-state index contributed by atoms with van der Waals surface area (Å²) in [7, 11) is 0. The van der Waals surface area contributed by atoms with Gasteiger partial charge in [0, 0.05) is 0 Å². The van der Waals surface area contributed by atoms with E-state index < -0.39 is 17.5 Å². The Labute approximate surface area is 111 Å². The Morgan fingerprint density at radius 3 is 2.16 bits per heavy atom. The van der Waals surface area contributed by atoms with Crippen molar-refractivity contribution in [1.82, 2.24) is 0 Å². The van der Waals surface area contributed by atoms with Crippen molar-refractivity contribution >= 4 is 18.0 Å². The molecule has 0 bridgehead atoms. The van der Waals surface area contributed by atoms with Gasteiger partial charge in [-0.1, -0.05) is 54.1 Å². The van der Waals surface area contributed by atoms with Crippen LogP contribution < -0.4 is 0 Å². The van der Waals surface area contributed by atoms with E-state index >= 15 is 0 Å². The predicted molar refractivity (Wildman–Crippen MR) is 72.6 cm³/mol. The largest absolute Gasteiger partial charge is 0.477 e. The second-order valence-electron chi connectivity index (χ2n) is 3.85. The van der Waals surface area contributed by atoms with Crippen molar-refractivity contribution in [3.05, 3.63) is 65.3 Å². The van der Waals surface area contributed by atoms with Crippen LogP contribution in [0.15, 0.2) is 59.7 Å². The molecule has 0 radical (unpaired) electrons. The van der Waals surface area contributed by atoms with Gasteiger partial charge in [-0.3, -0.25) is 0 Å². The lowest BCUT2D eigenvalue weighted by atomic mass is 10.1. The number of hydrogen-bond acceptors (Lipinski definition) is 2. The minimum Gasteiger partial charge on any atom is -0.477 e. The van der Waals surface area contributed by atoms with Crippen LogP contribution >= 0.6 is 0 Å². The zero-order valence-corrected chi connectivity index (χ0v) is 10.4. The number of benzene rings is 1. The minimum atomic E-state index is -1.45. The van der Waals surface area contributed by atoms with Gasteiger partial charge in [0.25, 0.3) is 0 Å². The molecule has 1 rings (SSSR count). The van der Waals surface area contributed by atoms with Crippen molar-refractivity contribution in [1.29, 1.82) is 0 Å². The number of allylic oxidation sites excluding steroid dienone is 4. The number of carbonyl (C=O) groups is 2. The summed E-state index contributed by atoms with van der Waals surface area (Å²) in [5.74, 6) is -2.90. The molecular formula is C15H14O4. The number of rotatable bonds is 5. The van der Waals surface area contributed by atoms with E-state index in [1.807, 2.05) is 36.4 Å². The first-order valence-corrected chi connectivity index (χ1v) is 5.59. The molecule has 4 heteroatoms. The normalized spacial score (nSPS) is 11.3. The van der Waals surface area contributed by atoms with Gasteiger partial charge >= 0.3 is 11.9 Å². The molecule has 0 fully saturated rings. The Kier molecular flexibility index (Phi) is 5.29. The van der Waals surface area contributed by atoms with E-state index in [-0.39, 0.29) is 0 Å². The molecule has 0 atom stereocenters. The number of hydrogen-bond donors (Lipinski definition) is 2. The number of carboxylic acid groups (broad SMARTS) is 2. The molecule has 4 nitrogen and oxygen atoms in total. The molecule has 19 heavy (non-hydrogen) atoms. The third kappa shape index (κ3) is 5.04. The number of carboxylic acids is 2. The summed E-state index contributed by atoms with van der Waals surface area (Å²) >= 11 is 0. The van der Waals surface area contributed by atoms with Crippen molar-refractivity contribution < 1.29 is 19.8 Å². The minimum absolute atomic E-state index is 0.548. The molecule has 0 saturated carbocycles. The zero-order valence-electron chi connectivity index (χ0n) is 10.4. The standard InChI is InChI=1S/C15H14O4/c1-11(10-13(14(16)17)15(18)19)6-5-9-12-7-3-2-4-8-12/h2-10H,1H3,(H,16,17)(H,18,19)/b9-5+,11-6-. The Hall–Kier alpha value is -2.62. The molecule has 0 spiro atoms. The lowest BCUT2D eigenvalue weighted by molar-refractivity contribution is -0.140. The average molecular weight is 258 g/mol. The monoisotopic (exact) mass is 258 g/mol. The fourth-order valence-electron chi connectivity index (χ4n) is 1.37. The van der Waals surface area contributed by atoms with Crippen LogP contribution in [0.3, 0.4) is 0 Å². The molecule has 0 saturated heterocycles. The van der Waals surface area contributed by atoms with Crippen LogP contribution in [0.25, 0.3) is 6.08 Å². The van der Waals surface area contributed by atoms with Gasteiger partial charge in [-0.25, -0.2) is 9.59 Å². The van der Waals surface area contributed by atoms with Gasteiger partial charge in [0.2, 0.25) is 0 Å². The maximum Gasteiger partial charge on any atom is 0.343 e. The molecule has 0 aliphatic carbocycles. The highest BCUT2D eigenvalue weighted by Crippen LogP contribution is 2.06. The van der Waals surface area contributed by atoms with Crippen molar-refractivity contribution in [3.63, 3.8) is 0 Å². The summed E-state index contributed by atoms with van der Waals surface area (Å²) in [6.07, 6.45) is 6.36. The van der Waals surface area contributed by atoms with Crippen molar-refractivity contribution in [2.24, 2.45) is 0 Å². The first-order chi connectivity index (χ1) is 9.00. The summed E-state index contributed by atoms with van der Waals surface area (Å²) in [5, 5.41) is 17.4. The van der Waals surface area contributed by atoms with Crippen LogP contribution in [0, 0.1) is 0 Å². The van der Waals surface area contributed by atoms with Crippen molar-refractivity contribution in [3.8, 4) is 0 Å². The van der Waals surface area contributed by atoms with E-state index in [1.165, 1.54) is 0 Å². The second-order valence-corrected chi connectivity index (χ2v) is 3.85. The van der Waals surface area contributed by atoms with Crippen LogP contribution in [0.5, 0.6) is 0 Å². The smallest absolute Gasteiger partial charge is 0.343 e. The van der Waals surface area contributed by atoms with Crippen LogP contribution in [-0.4, -0.2) is 22.2 Å². The van der Waals surface area contributed by atoms with Crippen LogP contribution in [0.2, 0.25) is 0 Å². The summed E-state index contributed by atoms with van der Waals surface area (Å²) in [6, 6.07) is 9.57. The van der Waals surface area contributed by atoms with Crippen molar-refractivity contribution in [2.75, 3.05) is 0 Å². The lowest BCUT2D eigenvalue weighted by Crippen LogP contribution is -2.11. The number of aliphatic carboxylic acids is 2. The Morgan fingerprint density at radius 2 is 1.63 bits per heavy atom. The fraction of sp³-hybridized carbons (Fsp3) is 0.0667. The first-order valence-electron chi connectivity index (χ1n) is 5.59. The lowest BCUT2D eigenvalue weighted by Gasteiger charge is -1.95. The second kappa shape index (κ2) is 6.96. The summed E-state index contributed by atoms with van der Waals surface area (Å²) in [6.45, 7) is 1.64. The quantitative estimate of drug-likeness (QED) is 0.368. The van der Waals surface area contributed by atoms with E-state index in [9.17, 15) is 9.59 Å². The van der Waals surface area contributed by atoms with Crippen LogP contribution in [0.1, 0.15) is 12.5 Å². The molecular weight excluding hydrogens is 244 g/mol. The Morgan fingerprint density at radius 1 is 1.05 bits per heavy atom. The molecule has 1 aromatic carbocycles. The summed E-state index contributed by atoms with van der Waals surface area (Å²) in [5.41, 5.74) is 0.904. The topological polar surface area (TPSA) is 74.6 Å². The molecule has 0 aromatic heterocycles. The highest BCUT2D eigenvalue weighted by atomic mass is 16.4.